The van der Waals surface area contributed by atoms with Crippen LogP contribution in [0.5, 0.6) is 0 Å². The lowest BCUT2D eigenvalue weighted by Gasteiger charge is -2.25. The average Bonchev–Trinajstić information content (AvgIpc) is 2.80. The molecule has 0 nitrogen and oxygen atoms in total. The van der Waals surface area contributed by atoms with Crippen molar-refractivity contribution in [3.8, 4) is 0 Å². The van der Waals surface area contributed by atoms with Crippen LogP contribution in [0.4, 0.5) is 0 Å². The van der Waals surface area contributed by atoms with Gasteiger partial charge in [0.1, 0.15) is 0 Å². The van der Waals surface area contributed by atoms with Gasteiger partial charge in [-0.2, -0.15) is 0 Å². The van der Waals surface area contributed by atoms with Crippen LogP contribution in [0.2, 0.25) is 0 Å². The van der Waals surface area contributed by atoms with E-state index in [1.165, 1.54) is 64.2 Å². The lowest BCUT2D eigenvalue weighted by atomic mass is 9.79. The molecule has 0 amide bonds. The Morgan fingerprint density at radius 1 is 0.647 bits per heavy atom. The van der Waals surface area contributed by atoms with Gasteiger partial charge in [0.15, 0.2) is 0 Å². The molecule has 1 aliphatic rings. The minimum absolute atomic E-state index is 0.432. The highest BCUT2D eigenvalue weighted by Crippen LogP contribution is 2.37. The SMILES string of the molecule is CCCCCCC1(CCCCCC)C=CC=C1. The quantitative estimate of drug-likeness (QED) is 0.404. The highest BCUT2D eigenvalue weighted by atomic mass is 14.3. The molecule has 0 aliphatic heterocycles. The molecule has 0 radical (unpaired) electrons. The first-order valence-electron chi connectivity index (χ1n) is 7.70. The van der Waals surface area contributed by atoms with Gasteiger partial charge in [0.05, 0.1) is 0 Å². The van der Waals surface area contributed by atoms with E-state index in [0.29, 0.717) is 5.41 Å². The van der Waals surface area contributed by atoms with E-state index in [0.717, 1.165) is 0 Å². The Morgan fingerprint density at radius 2 is 1.12 bits per heavy atom. The normalized spacial score (nSPS) is 16.8. The Hall–Kier alpha value is -0.520. The molecule has 0 heteroatoms. The van der Waals surface area contributed by atoms with Gasteiger partial charge < -0.3 is 0 Å². The minimum Gasteiger partial charge on any atom is -0.0745 e. The van der Waals surface area contributed by atoms with Crippen LogP contribution in [0, 0.1) is 5.41 Å². The standard InChI is InChI=1S/C17H30/c1-3-5-7-9-13-17(15-11-12-16-17)14-10-8-6-4-2/h11-12,15-16H,3-10,13-14H2,1-2H3. The highest BCUT2D eigenvalue weighted by Gasteiger charge is 2.24. The molecule has 0 heterocycles. The molecule has 0 aromatic heterocycles. The fraction of sp³-hybridized carbons (Fsp3) is 0.765. The minimum atomic E-state index is 0.432. The largest absolute Gasteiger partial charge is 0.0745 e. The highest BCUT2D eigenvalue weighted by molar-refractivity contribution is 5.24. The van der Waals surface area contributed by atoms with Gasteiger partial charge in [-0.25, -0.2) is 0 Å². The van der Waals surface area contributed by atoms with Crippen LogP contribution >= 0.6 is 0 Å². The molecule has 0 aromatic carbocycles. The van der Waals surface area contributed by atoms with Gasteiger partial charge in [0, 0.05) is 5.41 Å². The first kappa shape index (κ1) is 14.5. The van der Waals surface area contributed by atoms with E-state index < -0.39 is 0 Å². The molecule has 0 atom stereocenters. The molecule has 17 heavy (non-hydrogen) atoms. The van der Waals surface area contributed by atoms with Crippen molar-refractivity contribution in [2.45, 2.75) is 78.1 Å². The maximum atomic E-state index is 2.45. The lowest BCUT2D eigenvalue weighted by Crippen LogP contribution is -2.13. The van der Waals surface area contributed by atoms with Crippen LogP contribution in [0.25, 0.3) is 0 Å². The van der Waals surface area contributed by atoms with Crippen LogP contribution in [0.1, 0.15) is 78.1 Å². The number of unbranched alkanes of at least 4 members (excludes halogenated alkanes) is 6. The zero-order valence-electron chi connectivity index (χ0n) is 11.9. The van der Waals surface area contributed by atoms with E-state index in [2.05, 4.69) is 38.2 Å². The second-order valence-electron chi connectivity index (χ2n) is 5.57. The molecule has 0 bridgehead atoms. The fourth-order valence-electron chi connectivity index (χ4n) is 2.77. The van der Waals surface area contributed by atoms with Gasteiger partial charge in [0.2, 0.25) is 0 Å². The summed E-state index contributed by atoms with van der Waals surface area (Å²) in [7, 11) is 0. The summed E-state index contributed by atoms with van der Waals surface area (Å²) in [5, 5.41) is 0. The summed E-state index contributed by atoms with van der Waals surface area (Å²) in [4.78, 5) is 0. The van der Waals surface area contributed by atoms with Crippen LogP contribution < -0.4 is 0 Å². The molecule has 0 saturated carbocycles. The Kier molecular flexibility index (Phi) is 7.32. The topological polar surface area (TPSA) is 0 Å². The van der Waals surface area contributed by atoms with Crippen molar-refractivity contribution in [2.24, 2.45) is 5.41 Å². The first-order valence-corrected chi connectivity index (χ1v) is 7.70. The summed E-state index contributed by atoms with van der Waals surface area (Å²) in [6, 6.07) is 0. The number of allylic oxidation sites excluding steroid dienone is 4. The third kappa shape index (κ3) is 5.57. The molecule has 0 aromatic rings. The van der Waals surface area contributed by atoms with Crippen molar-refractivity contribution >= 4 is 0 Å². The van der Waals surface area contributed by atoms with E-state index in [1.807, 2.05) is 0 Å². The molecule has 0 unspecified atom stereocenters. The van der Waals surface area contributed by atoms with Gasteiger partial charge in [-0.15, -0.1) is 0 Å². The van der Waals surface area contributed by atoms with E-state index in [1.54, 1.807) is 0 Å². The van der Waals surface area contributed by atoms with E-state index >= 15 is 0 Å². The molecule has 0 saturated heterocycles. The Bertz CT molecular complexity index is 208. The van der Waals surface area contributed by atoms with Gasteiger partial charge in [-0.1, -0.05) is 89.5 Å². The molecule has 1 rings (SSSR count). The van der Waals surface area contributed by atoms with Crippen LogP contribution in [-0.2, 0) is 0 Å². The first-order chi connectivity index (χ1) is 8.33. The van der Waals surface area contributed by atoms with Crippen LogP contribution in [0.3, 0.4) is 0 Å². The van der Waals surface area contributed by atoms with Crippen LogP contribution in [-0.4, -0.2) is 0 Å². The summed E-state index contributed by atoms with van der Waals surface area (Å²) < 4.78 is 0. The number of hydrogen-bond acceptors (Lipinski definition) is 0. The molecule has 0 fully saturated rings. The lowest BCUT2D eigenvalue weighted by molar-refractivity contribution is 0.378. The Morgan fingerprint density at radius 3 is 1.53 bits per heavy atom. The zero-order chi connectivity index (χ0) is 12.4. The van der Waals surface area contributed by atoms with Crippen molar-refractivity contribution in [3.63, 3.8) is 0 Å². The molecule has 98 valence electrons. The average molecular weight is 234 g/mol. The summed E-state index contributed by atoms with van der Waals surface area (Å²) >= 11 is 0. The molecule has 0 N–H and O–H groups in total. The summed E-state index contributed by atoms with van der Waals surface area (Å²) in [5.74, 6) is 0. The predicted molar refractivity (Wildman–Crippen MR) is 78.2 cm³/mol. The third-order valence-corrected chi connectivity index (χ3v) is 3.96. The molecule has 1 aliphatic carbocycles. The summed E-state index contributed by atoms with van der Waals surface area (Å²) in [6.45, 7) is 4.58. The monoisotopic (exact) mass is 234 g/mol. The van der Waals surface area contributed by atoms with Crippen LogP contribution in [0.15, 0.2) is 24.3 Å². The second kappa shape index (κ2) is 8.55. The number of hydrogen-bond donors (Lipinski definition) is 0. The van der Waals surface area contributed by atoms with Gasteiger partial charge in [-0.05, 0) is 12.8 Å². The van der Waals surface area contributed by atoms with Gasteiger partial charge in [0.25, 0.3) is 0 Å². The van der Waals surface area contributed by atoms with Gasteiger partial charge in [-0.3, -0.25) is 0 Å². The van der Waals surface area contributed by atoms with E-state index in [-0.39, 0.29) is 0 Å². The maximum Gasteiger partial charge on any atom is 0.00671 e. The molecular weight excluding hydrogens is 204 g/mol. The summed E-state index contributed by atoms with van der Waals surface area (Å²) in [6.07, 6.45) is 23.2. The van der Waals surface area contributed by atoms with Crippen molar-refractivity contribution in [1.29, 1.82) is 0 Å². The van der Waals surface area contributed by atoms with Crippen molar-refractivity contribution in [2.75, 3.05) is 0 Å². The molecular formula is C17H30. The number of rotatable bonds is 10. The Balaban J connectivity index is 2.25. The van der Waals surface area contributed by atoms with Crippen molar-refractivity contribution < 1.29 is 0 Å². The van der Waals surface area contributed by atoms with Crippen molar-refractivity contribution in [1.82, 2.24) is 0 Å². The van der Waals surface area contributed by atoms with Gasteiger partial charge >= 0.3 is 0 Å². The smallest absolute Gasteiger partial charge is 0.00671 e. The van der Waals surface area contributed by atoms with E-state index in [4.69, 9.17) is 0 Å². The third-order valence-electron chi connectivity index (χ3n) is 3.96. The summed E-state index contributed by atoms with van der Waals surface area (Å²) in [5.41, 5.74) is 0.432. The van der Waals surface area contributed by atoms with E-state index in [9.17, 15) is 0 Å². The van der Waals surface area contributed by atoms with Crippen molar-refractivity contribution in [3.05, 3.63) is 24.3 Å². The maximum absolute atomic E-state index is 2.45. The fourth-order valence-corrected chi connectivity index (χ4v) is 2.77. The predicted octanol–water partition coefficient (Wildman–Crippen LogP) is 6.04. The zero-order valence-corrected chi connectivity index (χ0v) is 11.9. The Labute approximate surface area is 108 Å². The molecule has 0 spiro atoms. The second-order valence-corrected chi connectivity index (χ2v) is 5.57.